The Balaban J connectivity index is 1.86. The SMILES string of the molecule is CCCCCCCCCC(=O)OP(c1ccccc1)(c1ccccc1)(c1ccccc1)c1ccccc1. The number of hydrogen-bond donors (Lipinski definition) is 0. The predicted octanol–water partition coefficient (Wildman–Crippen LogP) is 7.44. The van der Waals surface area contributed by atoms with Crippen molar-refractivity contribution in [3.05, 3.63) is 121 Å². The average molecular weight is 511 g/mol. The van der Waals surface area contributed by atoms with E-state index < -0.39 is 6.83 Å². The first kappa shape index (κ1) is 26.8. The fourth-order valence-corrected chi connectivity index (χ4v) is 11.1. The monoisotopic (exact) mass is 510 g/mol. The summed E-state index contributed by atoms with van der Waals surface area (Å²) in [7, 11) is 0. The summed E-state index contributed by atoms with van der Waals surface area (Å²) in [5, 5.41) is 4.13. The molecule has 0 bridgehead atoms. The third kappa shape index (κ3) is 5.41. The van der Waals surface area contributed by atoms with E-state index in [1.54, 1.807) is 0 Å². The van der Waals surface area contributed by atoms with Gasteiger partial charge in [-0.05, 0) is 0 Å². The molecule has 0 saturated carbocycles. The molecule has 0 aromatic heterocycles. The molecule has 0 fully saturated rings. The van der Waals surface area contributed by atoms with E-state index in [9.17, 15) is 4.79 Å². The van der Waals surface area contributed by atoms with Crippen molar-refractivity contribution < 1.29 is 9.32 Å². The summed E-state index contributed by atoms with van der Waals surface area (Å²) in [6.45, 7) is -1.64. The normalized spacial score (nSPS) is 12.4. The van der Waals surface area contributed by atoms with Crippen LogP contribution in [0.3, 0.4) is 0 Å². The van der Waals surface area contributed by atoms with Crippen LogP contribution >= 0.6 is 6.83 Å². The second-order valence-corrected chi connectivity index (χ2v) is 14.0. The first-order valence-corrected chi connectivity index (χ1v) is 15.8. The van der Waals surface area contributed by atoms with Crippen LogP contribution in [0, 0.1) is 0 Å². The summed E-state index contributed by atoms with van der Waals surface area (Å²) in [6, 6.07) is 41.6. The van der Waals surface area contributed by atoms with Gasteiger partial charge >= 0.3 is 223 Å². The fourth-order valence-electron chi connectivity index (χ4n) is 5.43. The molecule has 0 saturated heterocycles. The summed E-state index contributed by atoms with van der Waals surface area (Å²) >= 11 is 0. The van der Waals surface area contributed by atoms with Crippen molar-refractivity contribution in [2.45, 2.75) is 58.3 Å². The molecule has 4 aromatic rings. The van der Waals surface area contributed by atoms with Crippen LogP contribution in [0.1, 0.15) is 58.3 Å². The Morgan fingerprint density at radius 1 is 0.514 bits per heavy atom. The molecule has 37 heavy (non-hydrogen) atoms. The molecule has 0 aliphatic rings. The molecule has 0 heterocycles. The van der Waals surface area contributed by atoms with Crippen LogP contribution in [0.2, 0.25) is 0 Å². The van der Waals surface area contributed by atoms with E-state index >= 15 is 0 Å². The van der Waals surface area contributed by atoms with Gasteiger partial charge in [0.1, 0.15) is 0 Å². The van der Waals surface area contributed by atoms with Gasteiger partial charge in [0.25, 0.3) is 0 Å². The van der Waals surface area contributed by atoms with Gasteiger partial charge in [0.05, 0.1) is 0 Å². The van der Waals surface area contributed by atoms with Crippen LogP contribution < -0.4 is 21.2 Å². The molecule has 0 N–H and O–H groups in total. The Bertz CT molecular complexity index is 1050. The van der Waals surface area contributed by atoms with Crippen molar-refractivity contribution in [1.82, 2.24) is 0 Å². The van der Waals surface area contributed by atoms with Crippen molar-refractivity contribution in [3.63, 3.8) is 0 Å². The fraction of sp³-hybridized carbons (Fsp3) is 0.265. The number of hydrogen-bond acceptors (Lipinski definition) is 2. The standard InChI is InChI=1S/C34H39O2P/c1-2-3-4-5-6-7-20-29-34(35)36-37(30-21-12-8-13-22-30,31-23-14-9-15-24-31,32-25-16-10-17-26-32)33-27-18-11-19-28-33/h8-19,21-28H,2-7,20,29H2,1H3. The van der Waals surface area contributed by atoms with Crippen LogP contribution in [-0.4, -0.2) is 5.97 Å². The van der Waals surface area contributed by atoms with Crippen LogP contribution in [0.15, 0.2) is 121 Å². The first-order valence-electron chi connectivity index (χ1n) is 13.7. The Morgan fingerprint density at radius 3 is 1.19 bits per heavy atom. The maximum atomic E-state index is 13.9. The zero-order chi connectivity index (χ0) is 25.8. The van der Waals surface area contributed by atoms with E-state index in [1.165, 1.54) is 32.1 Å². The minimum atomic E-state index is -3.88. The molecular weight excluding hydrogens is 471 g/mol. The Morgan fingerprint density at radius 2 is 0.838 bits per heavy atom. The van der Waals surface area contributed by atoms with Crippen LogP contribution in [-0.2, 0) is 9.32 Å². The second kappa shape index (κ2) is 12.8. The third-order valence-electron chi connectivity index (χ3n) is 7.26. The van der Waals surface area contributed by atoms with Crippen LogP contribution in [0.5, 0.6) is 0 Å². The first-order chi connectivity index (χ1) is 18.2. The number of carbonyl (C=O) groups excluding carboxylic acids is 1. The summed E-state index contributed by atoms with van der Waals surface area (Å²) in [5.74, 6) is -0.133. The average Bonchev–Trinajstić information content (AvgIpc) is 2.97. The van der Waals surface area contributed by atoms with Crippen LogP contribution in [0.25, 0.3) is 0 Å². The molecule has 3 heteroatoms. The molecular formula is C34H39O2P. The van der Waals surface area contributed by atoms with Gasteiger partial charge in [0.2, 0.25) is 0 Å². The number of carbonyl (C=O) groups is 1. The summed E-state index contributed by atoms with van der Waals surface area (Å²) < 4.78 is 7.11. The maximum absolute atomic E-state index is 13.9. The quantitative estimate of drug-likeness (QED) is 0.138. The van der Waals surface area contributed by atoms with E-state index in [0.29, 0.717) is 6.42 Å². The molecule has 0 radical (unpaired) electrons. The van der Waals surface area contributed by atoms with E-state index in [-0.39, 0.29) is 5.97 Å². The van der Waals surface area contributed by atoms with Gasteiger partial charge in [-0.1, -0.05) is 0 Å². The van der Waals surface area contributed by atoms with E-state index in [4.69, 9.17) is 4.52 Å². The topological polar surface area (TPSA) is 26.3 Å². The number of benzene rings is 4. The molecule has 0 aliphatic heterocycles. The zero-order valence-electron chi connectivity index (χ0n) is 22.0. The van der Waals surface area contributed by atoms with Gasteiger partial charge in [-0.15, -0.1) is 0 Å². The van der Waals surface area contributed by atoms with Crippen LogP contribution in [0.4, 0.5) is 0 Å². The number of rotatable bonds is 13. The van der Waals surface area contributed by atoms with Gasteiger partial charge in [-0.3, -0.25) is 0 Å². The summed E-state index contributed by atoms with van der Waals surface area (Å²) in [5.41, 5.74) is 0. The molecule has 2 nitrogen and oxygen atoms in total. The van der Waals surface area contributed by atoms with Gasteiger partial charge in [-0.25, -0.2) is 0 Å². The minimum absolute atomic E-state index is 0.133. The molecule has 0 aliphatic carbocycles. The van der Waals surface area contributed by atoms with E-state index in [1.807, 2.05) is 24.3 Å². The van der Waals surface area contributed by atoms with Gasteiger partial charge in [-0.2, -0.15) is 0 Å². The molecule has 192 valence electrons. The van der Waals surface area contributed by atoms with E-state index in [2.05, 4.69) is 104 Å². The van der Waals surface area contributed by atoms with Gasteiger partial charge < -0.3 is 0 Å². The Hall–Kier alpha value is -3.22. The Labute approximate surface area is 222 Å². The van der Waals surface area contributed by atoms with E-state index in [0.717, 1.165) is 34.1 Å². The summed E-state index contributed by atoms with van der Waals surface area (Å²) in [4.78, 5) is 13.9. The van der Waals surface area contributed by atoms with Crippen molar-refractivity contribution in [2.75, 3.05) is 0 Å². The summed E-state index contributed by atoms with van der Waals surface area (Å²) in [6.07, 6.45) is 8.56. The molecule has 0 unspecified atom stereocenters. The second-order valence-electron chi connectivity index (χ2n) is 9.71. The molecule has 0 spiro atoms. The van der Waals surface area contributed by atoms with Gasteiger partial charge in [0.15, 0.2) is 0 Å². The molecule has 0 amide bonds. The van der Waals surface area contributed by atoms with Crippen molar-refractivity contribution in [2.24, 2.45) is 0 Å². The molecule has 0 atom stereocenters. The number of unbranched alkanes of at least 4 members (excludes halogenated alkanes) is 6. The molecule has 4 rings (SSSR count). The van der Waals surface area contributed by atoms with Crippen molar-refractivity contribution in [3.8, 4) is 0 Å². The third-order valence-corrected chi connectivity index (χ3v) is 13.0. The van der Waals surface area contributed by atoms with Crippen molar-refractivity contribution >= 4 is 34.0 Å². The Kier molecular flexibility index (Phi) is 9.31. The zero-order valence-corrected chi connectivity index (χ0v) is 22.9. The molecule has 4 aromatic carbocycles. The van der Waals surface area contributed by atoms with Gasteiger partial charge in [0, 0.05) is 0 Å². The predicted molar refractivity (Wildman–Crippen MR) is 160 cm³/mol. The van der Waals surface area contributed by atoms with Crippen molar-refractivity contribution in [1.29, 1.82) is 0 Å².